The van der Waals surface area contributed by atoms with Gasteiger partial charge >= 0.3 is 0 Å². The van der Waals surface area contributed by atoms with Crippen LogP contribution in [0.25, 0.3) is 17.0 Å². The van der Waals surface area contributed by atoms with E-state index in [4.69, 9.17) is 26.1 Å². The van der Waals surface area contributed by atoms with Crippen molar-refractivity contribution in [3.63, 3.8) is 0 Å². The minimum Gasteiger partial charge on any atom is -0.369 e. The number of rotatable bonds is 8. The van der Waals surface area contributed by atoms with E-state index in [1.165, 1.54) is 0 Å². The Bertz CT molecular complexity index is 1210. The molecule has 2 unspecified atom stereocenters. The van der Waals surface area contributed by atoms with E-state index >= 15 is 0 Å². The molecular formula is C27H35ClN6O2. The molecule has 0 spiro atoms. The second kappa shape index (κ2) is 11.5. The molecule has 4 rings (SSSR count). The third kappa shape index (κ3) is 5.61. The molecule has 0 fully saturated rings. The quantitative estimate of drug-likeness (QED) is 0.511. The number of aliphatic imine (C=N–C) groups is 2. The Labute approximate surface area is 218 Å². The van der Waals surface area contributed by atoms with Crippen molar-refractivity contribution in [3.05, 3.63) is 52.4 Å². The number of aryl methyl sites for hydroxylation is 1. The van der Waals surface area contributed by atoms with Gasteiger partial charge in [-0.05, 0) is 59.0 Å². The van der Waals surface area contributed by atoms with Crippen LogP contribution in [0.2, 0.25) is 5.02 Å². The molecule has 0 saturated heterocycles. The summed E-state index contributed by atoms with van der Waals surface area (Å²) in [4.78, 5) is 18.3. The average Bonchev–Trinajstić information content (AvgIpc) is 3.21. The fourth-order valence-corrected chi connectivity index (χ4v) is 4.84. The number of hydrogen-bond acceptors (Lipinski definition) is 7. The number of allylic oxidation sites excluding steroid dienone is 1. The van der Waals surface area contributed by atoms with Gasteiger partial charge in [-0.2, -0.15) is 4.98 Å². The Balaban J connectivity index is 1.69. The van der Waals surface area contributed by atoms with Crippen molar-refractivity contribution in [2.24, 2.45) is 15.9 Å². The zero-order chi connectivity index (χ0) is 25.8. The largest absolute Gasteiger partial charge is 0.369 e. The Hall–Kier alpha value is -2.81. The van der Waals surface area contributed by atoms with Gasteiger partial charge in [0, 0.05) is 53.2 Å². The zero-order valence-corrected chi connectivity index (χ0v) is 22.5. The van der Waals surface area contributed by atoms with Gasteiger partial charge in [0.25, 0.3) is 0 Å². The lowest BCUT2D eigenvalue weighted by atomic mass is 9.94. The fourth-order valence-electron chi connectivity index (χ4n) is 4.55. The Morgan fingerprint density at radius 2 is 2.08 bits per heavy atom. The van der Waals surface area contributed by atoms with E-state index in [0.717, 1.165) is 66.3 Å². The molecule has 0 bridgehead atoms. The first kappa shape index (κ1) is 26.3. The van der Waals surface area contributed by atoms with Gasteiger partial charge in [0.2, 0.25) is 11.7 Å². The summed E-state index contributed by atoms with van der Waals surface area (Å²) in [6.45, 7) is 8.27. The van der Waals surface area contributed by atoms with E-state index in [1.807, 2.05) is 36.1 Å². The molecule has 0 saturated carbocycles. The van der Waals surface area contributed by atoms with Crippen LogP contribution in [0.4, 0.5) is 0 Å². The minimum absolute atomic E-state index is 0.254. The lowest BCUT2D eigenvalue weighted by Crippen LogP contribution is -2.44. The summed E-state index contributed by atoms with van der Waals surface area (Å²) in [5.74, 6) is 2.87. The molecule has 3 heterocycles. The molecule has 9 heteroatoms. The van der Waals surface area contributed by atoms with Crippen molar-refractivity contribution >= 4 is 28.8 Å². The van der Waals surface area contributed by atoms with Crippen molar-refractivity contribution in [2.45, 2.75) is 46.3 Å². The molecule has 0 amide bonds. The molecule has 36 heavy (non-hydrogen) atoms. The summed E-state index contributed by atoms with van der Waals surface area (Å²) in [5, 5.41) is 15.9. The minimum atomic E-state index is -0.880. The van der Waals surface area contributed by atoms with E-state index in [2.05, 4.69) is 42.1 Å². The van der Waals surface area contributed by atoms with Crippen LogP contribution < -0.4 is 0 Å². The van der Waals surface area contributed by atoms with Gasteiger partial charge in [0.15, 0.2) is 6.23 Å². The maximum Gasteiger partial charge on any atom is 0.223 e. The number of fused-ring (bicyclic) bond motifs is 1. The van der Waals surface area contributed by atoms with Crippen molar-refractivity contribution in [3.8, 4) is 11.4 Å². The monoisotopic (exact) mass is 510 g/mol. The first-order valence-electron chi connectivity index (χ1n) is 12.6. The van der Waals surface area contributed by atoms with Gasteiger partial charge in [-0.3, -0.25) is 4.99 Å². The normalized spacial score (nSPS) is 21.3. The number of amidine groups is 2. The molecule has 0 radical (unpaired) electrons. The number of hydrogen-bond donors (Lipinski definition) is 1. The van der Waals surface area contributed by atoms with Gasteiger partial charge in [-0.25, -0.2) is 4.99 Å². The highest BCUT2D eigenvalue weighted by atomic mass is 35.5. The molecule has 2 aliphatic heterocycles. The summed E-state index contributed by atoms with van der Waals surface area (Å²) in [5.41, 5.74) is 3.25. The highest BCUT2D eigenvalue weighted by Crippen LogP contribution is 2.36. The number of aliphatic hydroxyl groups is 1. The lowest BCUT2D eigenvalue weighted by Gasteiger charge is -2.36. The lowest BCUT2D eigenvalue weighted by molar-refractivity contribution is 0.108. The molecule has 8 nitrogen and oxygen atoms in total. The summed E-state index contributed by atoms with van der Waals surface area (Å²) in [6, 6.07) is 5.60. The molecule has 0 aliphatic carbocycles. The number of halogens is 1. The standard InChI is InChI=1S/C27H35ClN6O2/c1-6-18-9-10-20-15-22(21-12-11-19(16-23(21)28)25-30-17(3)36-32-25)27(35)34(7-2)26(20)31-24(18)29-13-8-14-33(4)5/h10-12,15-16,18,27,35H,6-9,13-14H2,1-5H3. The number of benzene rings is 1. The van der Waals surface area contributed by atoms with Crippen LogP contribution in [-0.2, 0) is 0 Å². The van der Waals surface area contributed by atoms with Crippen LogP contribution in [0.5, 0.6) is 0 Å². The summed E-state index contributed by atoms with van der Waals surface area (Å²) in [6.07, 6.45) is 6.15. The molecular weight excluding hydrogens is 476 g/mol. The van der Waals surface area contributed by atoms with E-state index in [1.54, 1.807) is 6.92 Å². The smallest absolute Gasteiger partial charge is 0.223 e. The van der Waals surface area contributed by atoms with Crippen molar-refractivity contribution in [2.75, 3.05) is 33.7 Å². The molecule has 1 aromatic heterocycles. The highest BCUT2D eigenvalue weighted by Gasteiger charge is 2.33. The summed E-state index contributed by atoms with van der Waals surface area (Å²) in [7, 11) is 4.14. The third-order valence-corrected chi connectivity index (χ3v) is 6.87. The first-order valence-corrected chi connectivity index (χ1v) is 12.9. The van der Waals surface area contributed by atoms with E-state index in [0.29, 0.717) is 23.3 Å². The first-order chi connectivity index (χ1) is 17.3. The second-order valence-electron chi connectivity index (χ2n) is 9.42. The third-order valence-electron chi connectivity index (χ3n) is 6.56. The maximum absolute atomic E-state index is 11.4. The number of likely N-dealkylation sites (N-methyl/N-ethyl adjacent to an activating group) is 1. The van der Waals surface area contributed by atoms with Crippen molar-refractivity contribution < 1.29 is 9.63 Å². The second-order valence-corrected chi connectivity index (χ2v) is 9.83. The van der Waals surface area contributed by atoms with Gasteiger partial charge in [-0.15, -0.1) is 0 Å². The maximum atomic E-state index is 11.4. The van der Waals surface area contributed by atoms with E-state index in [-0.39, 0.29) is 5.92 Å². The van der Waals surface area contributed by atoms with Gasteiger partial charge in [0.05, 0.1) is 0 Å². The fraction of sp³-hybridized carbons (Fsp3) is 0.481. The van der Waals surface area contributed by atoms with Crippen LogP contribution in [0, 0.1) is 12.8 Å². The van der Waals surface area contributed by atoms with E-state index < -0.39 is 6.23 Å². The highest BCUT2D eigenvalue weighted by molar-refractivity contribution is 6.33. The van der Waals surface area contributed by atoms with Crippen LogP contribution in [0.3, 0.4) is 0 Å². The molecule has 2 atom stereocenters. The van der Waals surface area contributed by atoms with Gasteiger partial charge in [0.1, 0.15) is 11.7 Å². The Morgan fingerprint density at radius 3 is 2.72 bits per heavy atom. The molecule has 1 aromatic carbocycles. The number of aliphatic hydroxyl groups excluding tert-OH is 1. The predicted molar refractivity (Wildman–Crippen MR) is 145 cm³/mol. The predicted octanol–water partition coefficient (Wildman–Crippen LogP) is 4.84. The van der Waals surface area contributed by atoms with Gasteiger partial charge < -0.3 is 19.4 Å². The van der Waals surface area contributed by atoms with Crippen LogP contribution in [0.1, 0.15) is 44.6 Å². The van der Waals surface area contributed by atoms with Crippen LogP contribution in [0.15, 0.2) is 50.4 Å². The molecule has 2 aromatic rings. The number of nitrogens with zero attached hydrogens (tertiary/aromatic N) is 6. The number of aromatic nitrogens is 2. The van der Waals surface area contributed by atoms with Crippen LogP contribution in [-0.4, -0.2) is 76.7 Å². The topological polar surface area (TPSA) is 90.3 Å². The molecule has 192 valence electrons. The van der Waals surface area contributed by atoms with Gasteiger partial charge in [-0.1, -0.05) is 41.9 Å². The summed E-state index contributed by atoms with van der Waals surface area (Å²) >= 11 is 6.72. The van der Waals surface area contributed by atoms with Crippen LogP contribution >= 0.6 is 11.6 Å². The zero-order valence-electron chi connectivity index (χ0n) is 21.7. The van der Waals surface area contributed by atoms with E-state index in [9.17, 15) is 5.11 Å². The Kier molecular flexibility index (Phi) is 8.39. The molecule has 2 aliphatic rings. The van der Waals surface area contributed by atoms with Crippen molar-refractivity contribution in [1.82, 2.24) is 19.9 Å². The van der Waals surface area contributed by atoms with Crippen molar-refractivity contribution in [1.29, 1.82) is 0 Å². The summed E-state index contributed by atoms with van der Waals surface area (Å²) < 4.78 is 5.10. The Morgan fingerprint density at radius 1 is 1.28 bits per heavy atom. The average molecular weight is 511 g/mol. The SMILES string of the molecule is CCC1CC=C2C=C(c3ccc(-c4noc(C)n4)cc3Cl)C(O)N(CC)C2=NC1=NCCCN(C)C. The molecule has 1 N–H and O–H groups in total.